The second-order valence-electron chi connectivity index (χ2n) is 29.8. The van der Waals surface area contributed by atoms with Crippen molar-refractivity contribution in [3.8, 4) is 11.5 Å². The summed E-state index contributed by atoms with van der Waals surface area (Å²) < 4.78 is 11.7. The minimum absolute atomic E-state index is 0. The minimum atomic E-state index is -1.05. The summed E-state index contributed by atoms with van der Waals surface area (Å²) in [4.78, 5) is 67.0. The number of rotatable bonds is 35. The molecule has 0 radical (unpaired) electrons. The van der Waals surface area contributed by atoms with Crippen LogP contribution in [0.3, 0.4) is 0 Å². The van der Waals surface area contributed by atoms with Crippen LogP contribution >= 0.6 is 0 Å². The van der Waals surface area contributed by atoms with Crippen molar-refractivity contribution in [3.05, 3.63) is 217 Å². The Kier molecular flexibility index (Phi) is 36.1. The number of fused-ring (bicyclic) bond motifs is 2. The van der Waals surface area contributed by atoms with Crippen LogP contribution in [0.2, 0.25) is 0 Å². The predicted molar refractivity (Wildman–Crippen MR) is 422 cm³/mol. The number of benzene rings is 6. The quantitative estimate of drug-likeness (QED) is 0.0215. The van der Waals surface area contributed by atoms with E-state index >= 15 is 0 Å². The largest absolute Gasteiger partial charge is 1.00 e. The predicted octanol–water partition coefficient (Wildman–Crippen LogP) is 7.18. The summed E-state index contributed by atoms with van der Waals surface area (Å²) in [5.74, 6) is 1.04. The summed E-state index contributed by atoms with van der Waals surface area (Å²) in [6, 6.07) is 62.4. The van der Waals surface area contributed by atoms with E-state index in [0.717, 1.165) is 195 Å². The molecule has 8 aromatic rings. The Morgan fingerprint density at radius 1 is 0.444 bits per heavy atom. The maximum atomic E-state index is 13.5. The molecule has 0 spiro atoms. The van der Waals surface area contributed by atoms with Crippen molar-refractivity contribution in [1.29, 1.82) is 0 Å². The molecule has 20 heteroatoms. The SMILES string of the molecule is NC1CCC(C(=O)NC(CCCc2ccccc2)CCCc2ccccc2)CC1.O=C(CN1CCN(C[C@@H](O)COc2cccc3ncccc23)CC1)NC1CCC(C(=O)NC(CCCc2ccccc2)CCCc2ccccc2)CC1.O=C([O-])CN1CCN(C[C@@H](O)COc2cccc3ncccc23)CC1.[Li+]. The van der Waals surface area contributed by atoms with Crippen molar-refractivity contribution in [2.45, 2.75) is 165 Å². The molecule has 108 heavy (non-hydrogen) atoms. The van der Waals surface area contributed by atoms with E-state index in [-0.39, 0.29) is 92.3 Å². The summed E-state index contributed by atoms with van der Waals surface area (Å²) in [7, 11) is 0. The second-order valence-corrected chi connectivity index (χ2v) is 29.8. The van der Waals surface area contributed by atoms with Crippen LogP contribution in [0.1, 0.15) is 125 Å². The van der Waals surface area contributed by atoms with Crippen LogP contribution in [0, 0.1) is 11.8 Å². The number of piperazine rings is 2. The number of carbonyl (C=O) groups is 4. The first kappa shape index (κ1) is 84.0. The van der Waals surface area contributed by atoms with Gasteiger partial charge in [-0.25, -0.2) is 0 Å². The third kappa shape index (κ3) is 29.7. The summed E-state index contributed by atoms with van der Waals surface area (Å²) in [5.41, 5.74) is 13.2. The average Bonchev–Trinajstić information content (AvgIpc) is 0.844. The Labute approximate surface area is 652 Å². The van der Waals surface area contributed by atoms with Crippen LogP contribution in [0.15, 0.2) is 194 Å². The molecule has 2 aliphatic carbocycles. The summed E-state index contributed by atoms with van der Waals surface area (Å²) >= 11 is 0. The molecular weight excluding hydrogens is 1350 g/mol. The number of aromatic nitrogens is 2. The molecule has 2 aliphatic heterocycles. The van der Waals surface area contributed by atoms with Crippen LogP contribution in [0.25, 0.3) is 21.8 Å². The van der Waals surface area contributed by atoms with E-state index in [4.69, 9.17) is 15.2 Å². The van der Waals surface area contributed by atoms with Gasteiger partial charge in [-0.2, -0.15) is 0 Å². The van der Waals surface area contributed by atoms with Crippen molar-refractivity contribution in [1.82, 2.24) is 45.5 Å². The summed E-state index contributed by atoms with van der Waals surface area (Å²) in [5, 5.41) is 43.5. The summed E-state index contributed by atoms with van der Waals surface area (Å²) in [6.07, 6.45) is 21.9. The molecule has 0 unspecified atom stereocenters. The van der Waals surface area contributed by atoms with Crippen LogP contribution in [0.5, 0.6) is 11.5 Å². The van der Waals surface area contributed by atoms with E-state index in [9.17, 15) is 34.5 Å². The zero-order valence-electron chi connectivity index (χ0n) is 63.6. The maximum absolute atomic E-state index is 13.5. The van der Waals surface area contributed by atoms with Gasteiger partial charge in [0.25, 0.3) is 0 Å². The van der Waals surface area contributed by atoms with Crippen LogP contribution in [0.4, 0.5) is 0 Å². The van der Waals surface area contributed by atoms with E-state index in [1.807, 2.05) is 65.6 Å². The molecule has 7 N–H and O–H groups in total. The third-order valence-electron chi connectivity index (χ3n) is 21.4. The molecule has 4 heterocycles. The van der Waals surface area contributed by atoms with Gasteiger partial charge < -0.3 is 51.3 Å². The first-order chi connectivity index (χ1) is 52.3. The molecule has 4 aliphatic rings. The van der Waals surface area contributed by atoms with Gasteiger partial charge in [0.2, 0.25) is 17.7 Å². The minimum Gasteiger partial charge on any atom is -0.549 e. The second kappa shape index (κ2) is 46.4. The molecule has 2 aromatic heterocycles. The molecule has 2 atom stereocenters. The van der Waals surface area contributed by atoms with Crippen molar-refractivity contribution >= 4 is 45.5 Å². The van der Waals surface area contributed by atoms with E-state index in [2.05, 4.69) is 162 Å². The third-order valence-corrected chi connectivity index (χ3v) is 21.4. The molecule has 12 rings (SSSR count). The van der Waals surface area contributed by atoms with Crippen molar-refractivity contribution in [2.75, 3.05) is 91.8 Å². The molecule has 4 fully saturated rings. The number of aliphatic hydroxyl groups excluding tert-OH is 2. The van der Waals surface area contributed by atoms with Crippen LogP contribution in [-0.2, 0) is 44.9 Å². The van der Waals surface area contributed by atoms with Crippen molar-refractivity contribution < 1.29 is 62.8 Å². The van der Waals surface area contributed by atoms with Gasteiger partial charge >= 0.3 is 18.9 Å². The Balaban J connectivity index is 0.000000206. The monoisotopic (exact) mass is 1460 g/mol. The number of hydrogen-bond acceptors (Lipinski definition) is 16. The topological polar surface area (TPSA) is 251 Å². The number of carbonyl (C=O) groups excluding carboxylic acids is 4. The smallest absolute Gasteiger partial charge is 0.549 e. The number of nitrogens with two attached hydrogens (primary N) is 1. The van der Waals surface area contributed by atoms with Gasteiger partial charge in [0.15, 0.2) is 0 Å². The van der Waals surface area contributed by atoms with E-state index in [1.165, 1.54) is 22.3 Å². The zero-order valence-corrected chi connectivity index (χ0v) is 63.6. The fourth-order valence-electron chi connectivity index (χ4n) is 15.3. The molecule has 2 saturated heterocycles. The molecule has 19 nitrogen and oxygen atoms in total. The number of carboxylic acids is 1. The fraction of sp³-hybridized carbons (Fsp3) is 0.477. The Hall–Kier alpha value is -8.06. The first-order valence-electron chi connectivity index (χ1n) is 39.5. The van der Waals surface area contributed by atoms with Gasteiger partial charge in [-0.15, -0.1) is 0 Å². The zero-order chi connectivity index (χ0) is 74.6. The number of amides is 3. The fourth-order valence-corrected chi connectivity index (χ4v) is 15.3. The number of nitrogens with zero attached hydrogens (tertiary/aromatic N) is 6. The maximum Gasteiger partial charge on any atom is 1.00 e. The molecule has 2 saturated carbocycles. The molecular formula is C88H115LiN10O9. The number of β-amino-alcohol motifs (C(OH)–C–C–N with tert-alkyl or cyclic N) is 2. The first-order valence-corrected chi connectivity index (χ1v) is 39.5. The van der Waals surface area contributed by atoms with Gasteiger partial charge in [0.1, 0.15) is 36.9 Å². The molecule has 0 bridgehead atoms. The number of hydrogen-bond donors (Lipinski definition) is 6. The number of pyridine rings is 2. The molecule has 6 aromatic carbocycles. The van der Waals surface area contributed by atoms with Gasteiger partial charge in [0, 0.05) is 131 Å². The van der Waals surface area contributed by atoms with Gasteiger partial charge in [-0.3, -0.25) is 44.0 Å². The molecule has 3 amide bonds. The Morgan fingerprint density at radius 2 is 0.796 bits per heavy atom. The normalized spacial score (nSPS) is 18.5. The number of ether oxygens (including phenoxy) is 2. The number of aliphatic carboxylic acids is 1. The average molecular weight is 1460 g/mol. The number of aryl methyl sites for hydroxylation is 4. The number of aliphatic hydroxyl groups is 2. The number of nitrogens with one attached hydrogen (secondary N) is 3. The standard InChI is InChI=1S/C44H57N5O4.C26H36N2O.C18H23N3O4.Li/c50-39(33-53-42-21-9-20-41-40(42)19-10-26-45-41)31-48-27-29-49(30-28-48)32-43(51)46-38-24-22-36(23-25-38)44(52)47-37(17-7-15-34-11-3-1-4-12-34)18-8-16-35-13-5-2-6-14-35;27-24-19-17-23(18-20-24)26(29)28-25(15-7-13-21-9-3-1-4-10-21)16-8-14-22-11-5-2-6-12-22;22-14(11-20-7-9-21(10-8-20)12-18(23)24)13-25-17-5-1-4-16-15(17)3-2-6-19-16;/h1-6,9-14,19-21,26,36-39,50H,7-8,15-18,22-25,27-33H2,(H,46,51)(H,47,52);1-6,9-12,23-25H,7-8,13-20,27H2,(H,28,29);1-6,14,22H,7-13H2,(H,23,24);/q;;;+1/p-1/t36?,38?,39-;;14-;/m1.1./s1. The Bertz CT molecular complexity index is 3780. The van der Waals surface area contributed by atoms with Crippen LogP contribution < -0.4 is 55.1 Å². The Morgan fingerprint density at radius 3 is 1.17 bits per heavy atom. The van der Waals surface area contributed by atoms with Crippen molar-refractivity contribution in [2.24, 2.45) is 17.6 Å². The van der Waals surface area contributed by atoms with E-state index in [0.29, 0.717) is 38.5 Å². The summed E-state index contributed by atoms with van der Waals surface area (Å²) in [6.45, 7) is 7.71. The van der Waals surface area contributed by atoms with Crippen molar-refractivity contribution in [3.63, 3.8) is 0 Å². The van der Waals surface area contributed by atoms with E-state index in [1.54, 1.807) is 12.4 Å². The molecule has 572 valence electrons. The van der Waals surface area contributed by atoms with Gasteiger partial charge in [0.05, 0.1) is 23.5 Å². The number of carboxylic acid groups (broad SMARTS) is 1. The van der Waals surface area contributed by atoms with Crippen LogP contribution in [-0.4, -0.2) is 192 Å². The van der Waals surface area contributed by atoms with Gasteiger partial charge in [-0.1, -0.05) is 133 Å². The van der Waals surface area contributed by atoms with Gasteiger partial charge in [-0.05, 0) is 199 Å². The van der Waals surface area contributed by atoms with E-state index < -0.39 is 18.2 Å².